The molecule has 1 aliphatic heterocycles. The Hall–Kier alpha value is -4.37. The van der Waals surface area contributed by atoms with Crippen LogP contribution in [0.5, 0.6) is 11.5 Å². The maximum Gasteiger partial charge on any atom is 0.348 e. The van der Waals surface area contributed by atoms with Crippen molar-refractivity contribution in [3.05, 3.63) is 93.4 Å². The average Bonchev–Trinajstić information content (AvgIpc) is 3.35. The van der Waals surface area contributed by atoms with E-state index in [0.717, 1.165) is 50.0 Å². The first kappa shape index (κ1) is 30.1. The molecule has 0 spiro atoms. The van der Waals surface area contributed by atoms with Crippen LogP contribution < -0.4 is 11.4 Å². The standard InChI is InChI=1S/C34H41N5O4/c1-21(2)28-18-29(31(41)19-30(28)40)33-36-37-34(43)39(33)27-10-6-25(7-11-27)20-38-14-12-24(13-15-38)17-23-4-8-26(9-5-23)22(3)16-32(35)42/h4-11,18-19,21-22,24,40-41H,12-17,20H2,1-3H3,(H2,35,42)(H,37,43)/t22-/m1/s1. The molecule has 9 nitrogen and oxygen atoms in total. The van der Waals surface area contributed by atoms with Gasteiger partial charge in [-0.15, -0.1) is 0 Å². The highest BCUT2D eigenvalue weighted by atomic mass is 16.3. The predicted molar refractivity (Wildman–Crippen MR) is 167 cm³/mol. The van der Waals surface area contributed by atoms with Crippen LogP contribution in [0.2, 0.25) is 0 Å². The first-order valence-corrected chi connectivity index (χ1v) is 15.0. The van der Waals surface area contributed by atoms with Crippen LogP contribution in [-0.4, -0.2) is 48.9 Å². The quantitative estimate of drug-likeness (QED) is 0.203. The van der Waals surface area contributed by atoms with Crippen LogP contribution in [0.4, 0.5) is 0 Å². The Morgan fingerprint density at radius 1 is 0.977 bits per heavy atom. The van der Waals surface area contributed by atoms with Gasteiger partial charge in [0.1, 0.15) is 11.5 Å². The third-order valence-electron chi connectivity index (χ3n) is 8.57. The number of rotatable bonds is 10. The highest BCUT2D eigenvalue weighted by Gasteiger charge is 2.22. The number of nitrogens with zero attached hydrogens (tertiary/aromatic N) is 3. The molecular formula is C34H41N5O4. The van der Waals surface area contributed by atoms with Crippen molar-refractivity contribution in [2.75, 3.05) is 13.1 Å². The number of hydrogen-bond donors (Lipinski definition) is 4. The van der Waals surface area contributed by atoms with E-state index in [-0.39, 0.29) is 35.1 Å². The summed E-state index contributed by atoms with van der Waals surface area (Å²) in [5, 5.41) is 27.5. The van der Waals surface area contributed by atoms with E-state index < -0.39 is 5.69 Å². The number of carbonyl (C=O) groups is 1. The van der Waals surface area contributed by atoms with Crippen LogP contribution in [0.15, 0.2) is 65.5 Å². The Kier molecular flexibility index (Phi) is 9.01. The van der Waals surface area contributed by atoms with Crippen LogP contribution in [0.25, 0.3) is 17.1 Å². The van der Waals surface area contributed by atoms with Crippen molar-refractivity contribution in [2.24, 2.45) is 11.7 Å². The summed E-state index contributed by atoms with van der Waals surface area (Å²) in [6.07, 6.45) is 3.71. The molecule has 1 aliphatic rings. The number of hydrogen-bond acceptors (Lipinski definition) is 6. The summed E-state index contributed by atoms with van der Waals surface area (Å²) in [6.45, 7) is 8.83. The van der Waals surface area contributed by atoms with E-state index in [9.17, 15) is 19.8 Å². The molecule has 0 radical (unpaired) electrons. The average molecular weight is 584 g/mol. The number of H-pyrrole nitrogens is 1. The zero-order valence-corrected chi connectivity index (χ0v) is 25.1. The molecule has 4 aromatic rings. The maximum absolute atomic E-state index is 12.7. The molecule has 1 fully saturated rings. The molecule has 2 heterocycles. The molecule has 3 aromatic carbocycles. The van der Waals surface area contributed by atoms with Crippen LogP contribution >= 0.6 is 0 Å². The van der Waals surface area contributed by atoms with Crippen molar-refractivity contribution >= 4 is 5.91 Å². The lowest BCUT2D eigenvalue weighted by atomic mass is 9.89. The molecule has 0 unspecified atom stereocenters. The molecule has 0 aliphatic carbocycles. The first-order chi connectivity index (χ1) is 20.6. The molecule has 1 atom stereocenters. The topological polar surface area (TPSA) is 137 Å². The Balaban J connectivity index is 1.20. The fraction of sp³-hybridized carbons (Fsp3) is 0.382. The summed E-state index contributed by atoms with van der Waals surface area (Å²) in [7, 11) is 0. The number of phenols is 2. The zero-order valence-electron chi connectivity index (χ0n) is 25.1. The Morgan fingerprint density at radius 2 is 1.63 bits per heavy atom. The highest BCUT2D eigenvalue weighted by Crippen LogP contribution is 2.37. The molecule has 9 heteroatoms. The van der Waals surface area contributed by atoms with Gasteiger partial charge >= 0.3 is 5.69 Å². The molecule has 1 amide bonds. The van der Waals surface area contributed by atoms with Crippen molar-refractivity contribution in [1.29, 1.82) is 0 Å². The minimum atomic E-state index is -0.404. The zero-order chi connectivity index (χ0) is 30.7. The SMILES string of the molecule is CC(C)c1cc(-c2n[nH]c(=O)n2-c2ccc(CN3CCC(Cc4ccc([C@H](C)CC(N)=O)cc4)CC3)cc2)c(O)cc1O. The van der Waals surface area contributed by atoms with Gasteiger partial charge in [-0.3, -0.25) is 9.69 Å². The van der Waals surface area contributed by atoms with E-state index in [2.05, 4.69) is 39.4 Å². The van der Waals surface area contributed by atoms with Gasteiger partial charge in [-0.1, -0.05) is 57.2 Å². The van der Waals surface area contributed by atoms with Gasteiger partial charge in [-0.2, -0.15) is 5.10 Å². The largest absolute Gasteiger partial charge is 0.508 e. The molecule has 0 bridgehead atoms. The molecule has 1 aromatic heterocycles. The van der Waals surface area contributed by atoms with E-state index >= 15 is 0 Å². The summed E-state index contributed by atoms with van der Waals surface area (Å²) in [5.41, 5.74) is 10.3. The number of nitrogens with two attached hydrogens (primary N) is 1. The molecule has 5 N–H and O–H groups in total. The van der Waals surface area contributed by atoms with Gasteiger partial charge in [-0.25, -0.2) is 14.5 Å². The number of amides is 1. The molecule has 1 saturated heterocycles. The van der Waals surface area contributed by atoms with E-state index in [1.807, 2.05) is 45.0 Å². The number of carbonyl (C=O) groups excluding carboxylic acids is 1. The van der Waals surface area contributed by atoms with E-state index in [0.29, 0.717) is 29.2 Å². The number of aromatic amines is 1. The van der Waals surface area contributed by atoms with Gasteiger partial charge in [0.05, 0.1) is 11.3 Å². The van der Waals surface area contributed by atoms with Crippen LogP contribution in [0, 0.1) is 5.92 Å². The summed E-state index contributed by atoms with van der Waals surface area (Å²) in [4.78, 5) is 26.4. The number of aromatic hydroxyl groups is 2. The Labute approximate surface area is 252 Å². The van der Waals surface area contributed by atoms with Crippen molar-refractivity contribution in [1.82, 2.24) is 19.7 Å². The fourth-order valence-electron chi connectivity index (χ4n) is 6.05. The lowest BCUT2D eigenvalue weighted by molar-refractivity contribution is -0.118. The lowest BCUT2D eigenvalue weighted by Crippen LogP contribution is -2.33. The van der Waals surface area contributed by atoms with Crippen molar-refractivity contribution in [3.63, 3.8) is 0 Å². The van der Waals surface area contributed by atoms with Crippen molar-refractivity contribution in [2.45, 2.75) is 64.8 Å². The second-order valence-electron chi connectivity index (χ2n) is 12.2. The number of primary amides is 1. The van der Waals surface area contributed by atoms with Gasteiger partial charge in [0.15, 0.2) is 5.82 Å². The summed E-state index contributed by atoms with van der Waals surface area (Å²) < 4.78 is 1.44. The number of nitrogens with one attached hydrogen (secondary N) is 1. The smallest absolute Gasteiger partial charge is 0.348 e. The minimum Gasteiger partial charge on any atom is -0.508 e. The van der Waals surface area contributed by atoms with E-state index in [1.54, 1.807) is 6.07 Å². The molecule has 226 valence electrons. The van der Waals surface area contributed by atoms with Gasteiger partial charge in [-0.05, 0) is 90.6 Å². The summed E-state index contributed by atoms with van der Waals surface area (Å²) >= 11 is 0. The number of benzene rings is 3. The van der Waals surface area contributed by atoms with Crippen LogP contribution in [0.3, 0.4) is 0 Å². The third kappa shape index (κ3) is 7.00. The van der Waals surface area contributed by atoms with Gasteiger partial charge in [0.2, 0.25) is 5.91 Å². The number of piperidine rings is 1. The second kappa shape index (κ2) is 12.9. The Bertz CT molecular complexity index is 1610. The molecular weight excluding hydrogens is 542 g/mol. The van der Waals surface area contributed by atoms with Gasteiger partial charge < -0.3 is 15.9 Å². The maximum atomic E-state index is 12.7. The van der Waals surface area contributed by atoms with E-state index in [1.165, 1.54) is 16.2 Å². The predicted octanol–water partition coefficient (Wildman–Crippen LogP) is 5.20. The highest BCUT2D eigenvalue weighted by molar-refractivity contribution is 5.74. The van der Waals surface area contributed by atoms with Crippen molar-refractivity contribution in [3.8, 4) is 28.6 Å². The first-order valence-electron chi connectivity index (χ1n) is 15.0. The number of likely N-dealkylation sites (tertiary alicyclic amines) is 1. The minimum absolute atomic E-state index is 0.0103. The summed E-state index contributed by atoms with van der Waals surface area (Å²) in [6, 6.07) is 19.5. The summed E-state index contributed by atoms with van der Waals surface area (Å²) in [5.74, 6) is 0.690. The number of aromatic nitrogens is 3. The normalized spacial score (nSPS) is 15.2. The van der Waals surface area contributed by atoms with Gasteiger partial charge in [0, 0.05) is 19.0 Å². The molecule has 0 saturated carbocycles. The van der Waals surface area contributed by atoms with Crippen LogP contribution in [0.1, 0.15) is 74.1 Å². The lowest BCUT2D eigenvalue weighted by Gasteiger charge is -2.32. The van der Waals surface area contributed by atoms with Crippen molar-refractivity contribution < 1.29 is 15.0 Å². The van der Waals surface area contributed by atoms with Gasteiger partial charge in [0.25, 0.3) is 0 Å². The number of phenolic OH excluding ortho intramolecular Hbond substituents is 2. The van der Waals surface area contributed by atoms with Crippen LogP contribution in [-0.2, 0) is 17.8 Å². The Morgan fingerprint density at radius 3 is 2.26 bits per heavy atom. The third-order valence-corrected chi connectivity index (χ3v) is 8.57. The monoisotopic (exact) mass is 583 g/mol. The molecule has 43 heavy (non-hydrogen) atoms. The van der Waals surface area contributed by atoms with E-state index in [4.69, 9.17) is 5.73 Å². The second-order valence-corrected chi connectivity index (χ2v) is 12.2. The fourth-order valence-corrected chi connectivity index (χ4v) is 6.05. The molecule has 5 rings (SSSR count).